The number of para-hydroxylation sites is 1. The number of rotatable bonds is 2. The SMILES string of the molecule is CC1(C)[C@@H]2CC[C@@]1(C)C(=O)/C2=C/c1ccccc1[N+](=O)[O-]. The fourth-order valence-electron chi connectivity index (χ4n) is 4.04. The number of hydrogen-bond acceptors (Lipinski definition) is 3. The van der Waals surface area contributed by atoms with E-state index in [2.05, 4.69) is 13.8 Å². The lowest BCUT2D eigenvalue weighted by molar-refractivity contribution is -0.385. The summed E-state index contributed by atoms with van der Waals surface area (Å²) in [4.78, 5) is 23.5. The Kier molecular flexibility index (Phi) is 2.84. The van der Waals surface area contributed by atoms with Crippen molar-refractivity contribution in [1.82, 2.24) is 0 Å². The summed E-state index contributed by atoms with van der Waals surface area (Å²) in [5.41, 5.74) is 0.955. The standard InChI is InChI=1S/C17H19NO3/c1-16(2)13-8-9-17(16,3)15(19)12(13)10-11-6-4-5-7-14(11)18(20)21/h4-7,10,13H,8-9H2,1-3H3/b12-10+/t13-,17+/m1/s1. The van der Waals surface area contributed by atoms with Crippen LogP contribution in [0.5, 0.6) is 0 Å². The van der Waals surface area contributed by atoms with Crippen molar-refractivity contribution < 1.29 is 9.72 Å². The van der Waals surface area contributed by atoms with Crippen LogP contribution in [0, 0.1) is 26.9 Å². The number of nitrogens with zero attached hydrogens (tertiary/aromatic N) is 1. The van der Waals surface area contributed by atoms with Crippen molar-refractivity contribution in [3.8, 4) is 0 Å². The van der Waals surface area contributed by atoms with Crippen LogP contribution >= 0.6 is 0 Å². The zero-order chi connectivity index (χ0) is 15.4. The maximum Gasteiger partial charge on any atom is 0.276 e. The van der Waals surface area contributed by atoms with Gasteiger partial charge in [0.2, 0.25) is 0 Å². The number of hydrogen-bond donors (Lipinski definition) is 0. The highest BCUT2D eigenvalue weighted by atomic mass is 16.6. The van der Waals surface area contributed by atoms with Gasteiger partial charge in [0.05, 0.1) is 10.5 Å². The molecule has 0 heterocycles. The van der Waals surface area contributed by atoms with Crippen LogP contribution in [0.4, 0.5) is 5.69 Å². The molecule has 2 atom stereocenters. The molecule has 0 aromatic heterocycles. The van der Waals surface area contributed by atoms with Gasteiger partial charge in [0, 0.05) is 17.1 Å². The molecule has 0 radical (unpaired) electrons. The Hall–Kier alpha value is -1.97. The number of ketones is 1. The molecule has 2 saturated carbocycles. The molecule has 2 aliphatic rings. The van der Waals surface area contributed by atoms with Crippen molar-refractivity contribution in [2.45, 2.75) is 33.6 Å². The van der Waals surface area contributed by atoms with Gasteiger partial charge in [-0.15, -0.1) is 0 Å². The van der Waals surface area contributed by atoms with E-state index < -0.39 is 4.92 Å². The van der Waals surface area contributed by atoms with Crippen LogP contribution in [-0.2, 0) is 4.79 Å². The van der Waals surface area contributed by atoms with Gasteiger partial charge in [0.25, 0.3) is 5.69 Å². The average molecular weight is 285 g/mol. The van der Waals surface area contributed by atoms with E-state index in [-0.39, 0.29) is 28.2 Å². The molecule has 4 nitrogen and oxygen atoms in total. The van der Waals surface area contributed by atoms with Crippen LogP contribution in [0.15, 0.2) is 29.8 Å². The highest BCUT2D eigenvalue weighted by Gasteiger charge is 2.63. The molecule has 0 N–H and O–H groups in total. The van der Waals surface area contributed by atoms with E-state index in [1.54, 1.807) is 24.3 Å². The lowest BCUT2D eigenvalue weighted by Gasteiger charge is -2.31. The van der Waals surface area contributed by atoms with E-state index in [4.69, 9.17) is 0 Å². The van der Waals surface area contributed by atoms with Crippen LogP contribution in [0.2, 0.25) is 0 Å². The molecule has 1 aromatic rings. The molecule has 21 heavy (non-hydrogen) atoms. The minimum Gasteiger partial charge on any atom is -0.294 e. The van der Waals surface area contributed by atoms with Crippen LogP contribution in [0.25, 0.3) is 6.08 Å². The normalized spacial score (nSPS) is 31.9. The van der Waals surface area contributed by atoms with Crippen molar-refractivity contribution in [3.05, 3.63) is 45.5 Å². The van der Waals surface area contributed by atoms with Gasteiger partial charge in [-0.05, 0) is 36.3 Å². The summed E-state index contributed by atoms with van der Waals surface area (Å²) in [5, 5.41) is 11.1. The van der Waals surface area contributed by atoms with Gasteiger partial charge in [-0.3, -0.25) is 14.9 Å². The average Bonchev–Trinajstić information content (AvgIpc) is 2.73. The van der Waals surface area contributed by atoms with E-state index in [9.17, 15) is 14.9 Å². The molecule has 2 aliphatic carbocycles. The first kappa shape index (κ1) is 14.0. The summed E-state index contributed by atoms with van der Waals surface area (Å²) in [6, 6.07) is 6.61. The topological polar surface area (TPSA) is 60.2 Å². The van der Waals surface area contributed by atoms with Crippen LogP contribution < -0.4 is 0 Å². The number of carbonyl (C=O) groups is 1. The number of nitro benzene ring substituents is 1. The van der Waals surface area contributed by atoms with Gasteiger partial charge in [-0.25, -0.2) is 0 Å². The summed E-state index contributed by atoms with van der Waals surface area (Å²) in [7, 11) is 0. The molecular weight excluding hydrogens is 266 g/mol. The third-order valence-corrected chi connectivity index (χ3v) is 5.81. The minimum atomic E-state index is -0.392. The number of allylic oxidation sites excluding steroid dienone is 1. The predicted octanol–water partition coefficient (Wildman–Crippen LogP) is 4.00. The van der Waals surface area contributed by atoms with Crippen LogP contribution in [0.3, 0.4) is 0 Å². The van der Waals surface area contributed by atoms with E-state index in [1.807, 2.05) is 6.92 Å². The number of Topliss-reactive ketones (excluding diaryl/α,β-unsaturated/α-hetero) is 1. The zero-order valence-corrected chi connectivity index (χ0v) is 12.6. The Labute approximate surface area is 124 Å². The summed E-state index contributed by atoms with van der Waals surface area (Å²) in [6.07, 6.45) is 3.65. The molecule has 3 rings (SSSR count). The Bertz CT molecular complexity index is 674. The van der Waals surface area contributed by atoms with Crippen molar-refractivity contribution in [1.29, 1.82) is 0 Å². The fourth-order valence-corrected chi connectivity index (χ4v) is 4.04. The van der Waals surface area contributed by atoms with Gasteiger partial charge in [0.15, 0.2) is 5.78 Å². The maximum atomic E-state index is 12.8. The lowest BCUT2D eigenvalue weighted by atomic mass is 9.70. The molecular formula is C17H19NO3. The van der Waals surface area contributed by atoms with Crippen molar-refractivity contribution in [3.63, 3.8) is 0 Å². The van der Waals surface area contributed by atoms with Crippen molar-refractivity contribution >= 4 is 17.5 Å². The van der Waals surface area contributed by atoms with Crippen LogP contribution in [0.1, 0.15) is 39.2 Å². The minimum absolute atomic E-state index is 0.0588. The molecule has 4 heteroatoms. The highest BCUT2D eigenvalue weighted by molar-refractivity contribution is 6.08. The molecule has 2 fully saturated rings. The summed E-state index contributed by atoms with van der Waals surface area (Å²) >= 11 is 0. The number of carbonyl (C=O) groups excluding carboxylic acids is 1. The highest BCUT2D eigenvalue weighted by Crippen LogP contribution is 2.65. The molecule has 0 unspecified atom stereocenters. The van der Waals surface area contributed by atoms with Crippen LogP contribution in [-0.4, -0.2) is 10.7 Å². The maximum absolute atomic E-state index is 12.8. The van der Waals surface area contributed by atoms with E-state index >= 15 is 0 Å². The van der Waals surface area contributed by atoms with E-state index in [1.165, 1.54) is 6.07 Å². The first-order chi connectivity index (χ1) is 9.79. The Morgan fingerprint density at radius 3 is 2.52 bits per heavy atom. The molecule has 0 saturated heterocycles. The second-order valence-electron chi connectivity index (χ2n) is 6.89. The summed E-state index contributed by atoms with van der Waals surface area (Å²) < 4.78 is 0. The van der Waals surface area contributed by atoms with Gasteiger partial charge < -0.3 is 0 Å². The Morgan fingerprint density at radius 1 is 1.29 bits per heavy atom. The number of benzene rings is 1. The molecule has 1 aromatic carbocycles. The fraction of sp³-hybridized carbons (Fsp3) is 0.471. The zero-order valence-electron chi connectivity index (χ0n) is 12.6. The Morgan fingerprint density at radius 2 is 1.95 bits per heavy atom. The first-order valence-electron chi connectivity index (χ1n) is 7.29. The lowest BCUT2D eigenvalue weighted by Crippen LogP contribution is -2.32. The molecule has 0 spiro atoms. The van der Waals surface area contributed by atoms with Gasteiger partial charge in [-0.1, -0.05) is 32.9 Å². The van der Waals surface area contributed by atoms with E-state index in [0.717, 1.165) is 18.4 Å². The summed E-state index contributed by atoms with van der Waals surface area (Å²) in [6.45, 7) is 6.32. The first-order valence-corrected chi connectivity index (χ1v) is 7.29. The second kappa shape index (κ2) is 4.26. The third kappa shape index (κ3) is 1.71. The monoisotopic (exact) mass is 285 g/mol. The largest absolute Gasteiger partial charge is 0.294 e. The predicted molar refractivity (Wildman–Crippen MR) is 80.7 cm³/mol. The van der Waals surface area contributed by atoms with Crippen molar-refractivity contribution in [2.24, 2.45) is 16.7 Å². The van der Waals surface area contributed by atoms with Gasteiger partial charge in [-0.2, -0.15) is 0 Å². The third-order valence-electron chi connectivity index (χ3n) is 5.81. The number of nitro groups is 1. The van der Waals surface area contributed by atoms with Crippen molar-refractivity contribution in [2.75, 3.05) is 0 Å². The number of fused-ring (bicyclic) bond motifs is 2. The molecule has 110 valence electrons. The smallest absolute Gasteiger partial charge is 0.276 e. The molecule has 0 aliphatic heterocycles. The second-order valence-corrected chi connectivity index (χ2v) is 6.89. The van der Waals surface area contributed by atoms with E-state index in [0.29, 0.717) is 5.56 Å². The summed E-state index contributed by atoms with van der Waals surface area (Å²) in [5.74, 6) is 0.372. The molecule has 2 bridgehead atoms. The van der Waals surface area contributed by atoms with Gasteiger partial charge >= 0.3 is 0 Å². The Balaban J connectivity index is 2.11. The quantitative estimate of drug-likeness (QED) is 0.468. The van der Waals surface area contributed by atoms with Gasteiger partial charge in [0.1, 0.15) is 0 Å². The molecule has 0 amide bonds.